The first kappa shape index (κ1) is 10.9. The van der Waals surface area contributed by atoms with E-state index in [0.717, 1.165) is 6.29 Å². The molecule has 0 saturated heterocycles. The fourth-order valence-electron chi connectivity index (χ4n) is 1.57. The molecule has 2 heteroatoms. The Morgan fingerprint density at radius 2 is 2.14 bits per heavy atom. The van der Waals surface area contributed by atoms with Crippen molar-refractivity contribution in [3.8, 4) is 0 Å². The summed E-state index contributed by atoms with van der Waals surface area (Å²) in [5.74, 6) is 0.277. The average molecular weight is 192 g/mol. The SMILES string of the molecule is COCc1ccccc1C(C)CC=O. The minimum atomic E-state index is 0.277. The van der Waals surface area contributed by atoms with E-state index in [2.05, 4.69) is 13.0 Å². The molecule has 1 aromatic carbocycles. The number of hydrogen-bond donors (Lipinski definition) is 0. The summed E-state index contributed by atoms with van der Waals surface area (Å²) in [4.78, 5) is 10.4. The van der Waals surface area contributed by atoms with Gasteiger partial charge in [-0.3, -0.25) is 0 Å². The van der Waals surface area contributed by atoms with Gasteiger partial charge in [0.05, 0.1) is 6.61 Å². The van der Waals surface area contributed by atoms with Gasteiger partial charge in [0.15, 0.2) is 0 Å². The molecule has 0 aliphatic carbocycles. The molecule has 1 atom stereocenters. The van der Waals surface area contributed by atoms with E-state index in [9.17, 15) is 4.79 Å². The summed E-state index contributed by atoms with van der Waals surface area (Å²) in [7, 11) is 1.68. The molecule has 0 aromatic heterocycles. The zero-order chi connectivity index (χ0) is 10.4. The van der Waals surface area contributed by atoms with Crippen LogP contribution in [0.1, 0.15) is 30.4 Å². The molecule has 0 aliphatic rings. The smallest absolute Gasteiger partial charge is 0.120 e. The molecule has 1 aromatic rings. The van der Waals surface area contributed by atoms with Crippen molar-refractivity contribution >= 4 is 6.29 Å². The van der Waals surface area contributed by atoms with E-state index in [4.69, 9.17) is 4.74 Å². The number of methoxy groups -OCH3 is 1. The highest BCUT2D eigenvalue weighted by Crippen LogP contribution is 2.22. The average Bonchev–Trinajstić information content (AvgIpc) is 2.19. The van der Waals surface area contributed by atoms with Gasteiger partial charge in [-0.25, -0.2) is 0 Å². The van der Waals surface area contributed by atoms with Crippen molar-refractivity contribution in [3.63, 3.8) is 0 Å². The van der Waals surface area contributed by atoms with E-state index in [-0.39, 0.29) is 5.92 Å². The molecule has 0 saturated carbocycles. The maximum absolute atomic E-state index is 10.4. The van der Waals surface area contributed by atoms with Crippen LogP contribution in [-0.4, -0.2) is 13.4 Å². The third kappa shape index (κ3) is 2.67. The molecule has 0 radical (unpaired) electrons. The predicted octanol–water partition coefficient (Wildman–Crippen LogP) is 2.53. The molecule has 14 heavy (non-hydrogen) atoms. The fraction of sp³-hybridized carbons (Fsp3) is 0.417. The topological polar surface area (TPSA) is 26.3 Å². The molecule has 0 N–H and O–H groups in total. The van der Waals surface area contributed by atoms with E-state index in [1.54, 1.807) is 7.11 Å². The molecule has 0 aliphatic heterocycles. The first-order valence-corrected chi connectivity index (χ1v) is 4.80. The van der Waals surface area contributed by atoms with Crippen molar-refractivity contribution in [3.05, 3.63) is 35.4 Å². The summed E-state index contributed by atoms with van der Waals surface area (Å²) in [6, 6.07) is 8.09. The Morgan fingerprint density at radius 1 is 1.43 bits per heavy atom. The highest BCUT2D eigenvalue weighted by atomic mass is 16.5. The Labute approximate surface area is 84.9 Å². The van der Waals surface area contributed by atoms with Gasteiger partial charge in [-0.15, -0.1) is 0 Å². The monoisotopic (exact) mass is 192 g/mol. The minimum absolute atomic E-state index is 0.277. The zero-order valence-electron chi connectivity index (χ0n) is 8.69. The van der Waals surface area contributed by atoms with Crippen molar-refractivity contribution in [2.75, 3.05) is 7.11 Å². The van der Waals surface area contributed by atoms with E-state index in [1.807, 2.05) is 18.2 Å². The number of rotatable bonds is 5. The van der Waals surface area contributed by atoms with Crippen LogP contribution in [0.2, 0.25) is 0 Å². The van der Waals surface area contributed by atoms with E-state index in [0.29, 0.717) is 13.0 Å². The molecular formula is C12H16O2. The van der Waals surface area contributed by atoms with Crippen molar-refractivity contribution in [1.29, 1.82) is 0 Å². The Balaban J connectivity index is 2.87. The van der Waals surface area contributed by atoms with Crippen LogP contribution >= 0.6 is 0 Å². The highest BCUT2D eigenvalue weighted by Gasteiger charge is 2.08. The Kier molecular flexibility index (Phi) is 4.33. The molecule has 1 unspecified atom stereocenters. The quantitative estimate of drug-likeness (QED) is 0.670. The summed E-state index contributed by atoms with van der Waals surface area (Å²) in [6.07, 6.45) is 1.54. The van der Waals surface area contributed by atoms with E-state index in [1.165, 1.54) is 11.1 Å². The largest absolute Gasteiger partial charge is 0.380 e. The van der Waals surface area contributed by atoms with Crippen LogP contribution in [0.5, 0.6) is 0 Å². The summed E-state index contributed by atoms with van der Waals surface area (Å²) >= 11 is 0. The second-order valence-electron chi connectivity index (χ2n) is 3.44. The maximum atomic E-state index is 10.4. The highest BCUT2D eigenvalue weighted by molar-refractivity contribution is 5.52. The van der Waals surface area contributed by atoms with Gasteiger partial charge in [0.25, 0.3) is 0 Å². The van der Waals surface area contributed by atoms with Gasteiger partial charge in [-0.1, -0.05) is 31.2 Å². The second kappa shape index (κ2) is 5.55. The molecule has 0 spiro atoms. The number of hydrogen-bond acceptors (Lipinski definition) is 2. The third-order valence-corrected chi connectivity index (χ3v) is 2.34. The maximum Gasteiger partial charge on any atom is 0.120 e. The molecule has 2 nitrogen and oxygen atoms in total. The standard InChI is InChI=1S/C12H16O2/c1-10(7-8-13)12-6-4-3-5-11(12)9-14-2/h3-6,8,10H,7,9H2,1-2H3. The minimum Gasteiger partial charge on any atom is -0.380 e. The van der Waals surface area contributed by atoms with Crippen LogP contribution in [0, 0.1) is 0 Å². The molecule has 0 heterocycles. The number of aldehydes is 1. The lowest BCUT2D eigenvalue weighted by Gasteiger charge is -2.13. The summed E-state index contributed by atoms with van der Waals surface area (Å²) < 4.78 is 5.11. The van der Waals surface area contributed by atoms with Crippen LogP contribution < -0.4 is 0 Å². The number of benzene rings is 1. The lowest BCUT2D eigenvalue weighted by molar-refractivity contribution is -0.108. The van der Waals surface area contributed by atoms with Crippen molar-refractivity contribution in [2.24, 2.45) is 0 Å². The van der Waals surface area contributed by atoms with Crippen LogP contribution in [0.25, 0.3) is 0 Å². The summed E-state index contributed by atoms with van der Waals surface area (Å²) in [6.45, 7) is 2.67. The zero-order valence-corrected chi connectivity index (χ0v) is 8.69. The van der Waals surface area contributed by atoms with Crippen LogP contribution in [0.4, 0.5) is 0 Å². The van der Waals surface area contributed by atoms with E-state index < -0.39 is 0 Å². The lowest BCUT2D eigenvalue weighted by Crippen LogP contribution is -2.00. The molecule has 0 fully saturated rings. The molecule has 0 bridgehead atoms. The Hall–Kier alpha value is -1.15. The van der Waals surface area contributed by atoms with Crippen molar-refractivity contribution < 1.29 is 9.53 Å². The second-order valence-corrected chi connectivity index (χ2v) is 3.44. The van der Waals surface area contributed by atoms with Gasteiger partial charge >= 0.3 is 0 Å². The van der Waals surface area contributed by atoms with Gasteiger partial charge < -0.3 is 9.53 Å². The Morgan fingerprint density at radius 3 is 2.79 bits per heavy atom. The first-order chi connectivity index (χ1) is 6.79. The number of carbonyl (C=O) groups excluding carboxylic acids is 1. The van der Waals surface area contributed by atoms with Crippen LogP contribution in [0.3, 0.4) is 0 Å². The number of carbonyl (C=O) groups is 1. The Bertz CT molecular complexity index is 294. The molecule has 1 rings (SSSR count). The number of ether oxygens (including phenoxy) is 1. The van der Waals surface area contributed by atoms with Gasteiger partial charge in [0.2, 0.25) is 0 Å². The summed E-state index contributed by atoms with van der Waals surface area (Å²) in [5, 5.41) is 0. The van der Waals surface area contributed by atoms with Gasteiger partial charge in [-0.2, -0.15) is 0 Å². The lowest BCUT2D eigenvalue weighted by atomic mass is 9.94. The molecular weight excluding hydrogens is 176 g/mol. The van der Waals surface area contributed by atoms with Crippen molar-refractivity contribution in [2.45, 2.75) is 25.9 Å². The molecule has 76 valence electrons. The predicted molar refractivity (Wildman–Crippen MR) is 56.3 cm³/mol. The van der Waals surface area contributed by atoms with Crippen molar-refractivity contribution in [1.82, 2.24) is 0 Å². The van der Waals surface area contributed by atoms with Gasteiger partial charge in [0.1, 0.15) is 6.29 Å². The van der Waals surface area contributed by atoms with Crippen LogP contribution in [-0.2, 0) is 16.1 Å². The van der Waals surface area contributed by atoms with Crippen LogP contribution in [0.15, 0.2) is 24.3 Å². The fourth-order valence-corrected chi connectivity index (χ4v) is 1.57. The molecule has 0 amide bonds. The van der Waals surface area contributed by atoms with Gasteiger partial charge in [-0.05, 0) is 17.0 Å². The normalized spacial score (nSPS) is 12.4. The third-order valence-electron chi connectivity index (χ3n) is 2.34. The summed E-state index contributed by atoms with van der Waals surface area (Å²) in [5.41, 5.74) is 2.38. The van der Waals surface area contributed by atoms with E-state index >= 15 is 0 Å². The first-order valence-electron chi connectivity index (χ1n) is 4.80. The van der Waals surface area contributed by atoms with Gasteiger partial charge in [0, 0.05) is 13.5 Å².